The Morgan fingerprint density at radius 2 is 2.17 bits per heavy atom. The van der Waals surface area contributed by atoms with Gasteiger partial charge in [-0.2, -0.15) is 0 Å². The van der Waals surface area contributed by atoms with Crippen molar-refractivity contribution >= 4 is 11.7 Å². The number of benzene rings is 1. The molecule has 1 unspecified atom stereocenters. The largest absolute Gasteiger partial charge is 0.441 e. The first kappa shape index (κ1) is 16.5. The quantitative estimate of drug-likeness (QED) is 0.902. The summed E-state index contributed by atoms with van der Waals surface area (Å²) in [6, 6.07) is 7.31. The zero-order chi connectivity index (χ0) is 17.1. The summed E-state index contributed by atoms with van der Waals surface area (Å²) in [6.45, 7) is 5.54. The number of aliphatic hydroxyl groups is 1. The van der Waals surface area contributed by atoms with Crippen LogP contribution in [0.2, 0.25) is 0 Å². The predicted molar refractivity (Wildman–Crippen MR) is 91.8 cm³/mol. The van der Waals surface area contributed by atoms with E-state index < -0.39 is 0 Å². The number of rotatable bonds is 4. The summed E-state index contributed by atoms with van der Waals surface area (Å²) >= 11 is 0. The summed E-state index contributed by atoms with van der Waals surface area (Å²) in [5.74, 6) is 1.93. The van der Waals surface area contributed by atoms with Crippen molar-refractivity contribution in [1.82, 2.24) is 9.88 Å². The van der Waals surface area contributed by atoms with Gasteiger partial charge in [0.2, 0.25) is 5.89 Å². The fraction of sp³-hybridized carbons (Fsp3) is 0.444. The van der Waals surface area contributed by atoms with Crippen LogP contribution in [0.1, 0.15) is 31.9 Å². The molecular weight excluding hydrogens is 306 g/mol. The number of hydrogen-bond donors (Lipinski definition) is 2. The molecule has 1 saturated heterocycles. The lowest BCUT2D eigenvalue weighted by atomic mass is 10.1. The van der Waals surface area contributed by atoms with E-state index in [1.165, 1.54) is 0 Å². The number of nitrogens with zero attached hydrogens (tertiary/aromatic N) is 2. The van der Waals surface area contributed by atoms with Crippen molar-refractivity contribution in [3.8, 4) is 11.5 Å². The predicted octanol–water partition coefficient (Wildman–Crippen LogP) is 3.31. The molecule has 2 aromatic rings. The third kappa shape index (κ3) is 3.59. The van der Waals surface area contributed by atoms with Gasteiger partial charge in [-0.3, -0.25) is 0 Å². The van der Waals surface area contributed by atoms with Crippen molar-refractivity contribution < 1.29 is 14.3 Å². The number of hydrogen-bond acceptors (Lipinski definition) is 4. The minimum atomic E-state index is -0.128. The summed E-state index contributed by atoms with van der Waals surface area (Å²) in [7, 11) is 0. The number of aromatic nitrogens is 1. The molecule has 1 fully saturated rings. The average molecular weight is 329 g/mol. The molecule has 3 rings (SSSR count). The second kappa shape index (κ2) is 7.05. The Morgan fingerprint density at radius 3 is 2.75 bits per heavy atom. The Bertz CT molecular complexity index is 694. The van der Waals surface area contributed by atoms with Crippen LogP contribution in [0.15, 0.2) is 34.9 Å². The Balaban J connectivity index is 1.63. The number of oxazole rings is 1. The fourth-order valence-corrected chi connectivity index (χ4v) is 2.75. The van der Waals surface area contributed by atoms with Gasteiger partial charge >= 0.3 is 6.03 Å². The lowest BCUT2D eigenvalue weighted by Crippen LogP contribution is -2.33. The SMILES string of the molecule is CC(C)c1cnc(-c2ccc(NC(=O)N3CCC(CO)C3)cc2)o1. The summed E-state index contributed by atoms with van der Waals surface area (Å²) in [5.41, 5.74) is 1.60. The van der Waals surface area contributed by atoms with E-state index >= 15 is 0 Å². The minimum absolute atomic E-state index is 0.128. The lowest BCUT2D eigenvalue weighted by molar-refractivity contribution is 0.209. The van der Waals surface area contributed by atoms with Gasteiger partial charge in [0.15, 0.2) is 0 Å². The zero-order valence-corrected chi connectivity index (χ0v) is 14.0. The standard InChI is InChI=1S/C18H23N3O3/c1-12(2)16-9-19-17(24-16)14-3-5-15(6-4-14)20-18(23)21-8-7-13(10-21)11-22/h3-6,9,12-13,22H,7-8,10-11H2,1-2H3,(H,20,23). The molecule has 2 amide bonds. The second-order valence-electron chi connectivity index (χ2n) is 6.51. The van der Waals surface area contributed by atoms with Crippen molar-refractivity contribution in [2.45, 2.75) is 26.2 Å². The van der Waals surface area contributed by atoms with E-state index in [2.05, 4.69) is 24.1 Å². The monoisotopic (exact) mass is 329 g/mol. The summed E-state index contributed by atoms with van der Waals surface area (Å²) in [6.07, 6.45) is 2.60. The highest BCUT2D eigenvalue weighted by atomic mass is 16.4. The minimum Gasteiger partial charge on any atom is -0.441 e. The molecule has 128 valence electrons. The van der Waals surface area contributed by atoms with Gasteiger partial charge in [-0.1, -0.05) is 13.8 Å². The van der Waals surface area contributed by atoms with Gasteiger partial charge in [-0.15, -0.1) is 0 Å². The highest BCUT2D eigenvalue weighted by molar-refractivity contribution is 5.89. The Hall–Kier alpha value is -2.34. The van der Waals surface area contributed by atoms with Gasteiger partial charge in [0.05, 0.1) is 6.20 Å². The average Bonchev–Trinajstić information content (AvgIpc) is 3.25. The highest BCUT2D eigenvalue weighted by Crippen LogP contribution is 2.25. The van der Waals surface area contributed by atoms with E-state index in [1.807, 2.05) is 24.3 Å². The van der Waals surface area contributed by atoms with Gasteiger partial charge in [-0.25, -0.2) is 9.78 Å². The lowest BCUT2D eigenvalue weighted by Gasteiger charge is -2.17. The van der Waals surface area contributed by atoms with E-state index in [1.54, 1.807) is 11.1 Å². The van der Waals surface area contributed by atoms with Crippen LogP contribution in [0.5, 0.6) is 0 Å². The van der Waals surface area contributed by atoms with E-state index in [0.717, 1.165) is 23.4 Å². The Kier molecular flexibility index (Phi) is 4.85. The number of anilines is 1. The van der Waals surface area contributed by atoms with E-state index in [-0.39, 0.29) is 18.6 Å². The molecule has 6 heteroatoms. The molecule has 2 N–H and O–H groups in total. The third-order valence-electron chi connectivity index (χ3n) is 4.31. The number of carbonyl (C=O) groups is 1. The number of amides is 2. The van der Waals surface area contributed by atoms with Crippen molar-refractivity contribution in [1.29, 1.82) is 0 Å². The van der Waals surface area contributed by atoms with Gasteiger partial charge < -0.3 is 19.7 Å². The van der Waals surface area contributed by atoms with Gasteiger partial charge in [0.1, 0.15) is 5.76 Å². The third-order valence-corrected chi connectivity index (χ3v) is 4.31. The van der Waals surface area contributed by atoms with Crippen LogP contribution < -0.4 is 5.32 Å². The van der Waals surface area contributed by atoms with Crippen LogP contribution in [-0.4, -0.2) is 40.7 Å². The Morgan fingerprint density at radius 1 is 1.42 bits per heavy atom. The van der Waals surface area contributed by atoms with E-state index in [4.69, 9.17) is 9.52 Å². The van der Waals surface area contributed by atoms with Crippen molar-refractivity contribution in [2.24, 2.45) is 5.92 Å². The van der Waals surface area contributed by atoms with Crippen molar-refractivity contribution in [2.75, 3.05) is 25.0 Å². The maximum atomic E-state index is 12.2. The molecule has 1 aromatic heterocycles. The van der Waals surface area contributed by atoms with Crippen molar-refractivity contribution in [3.05, 3.63) is 36.2 Å². The molecule has 0 saturated carbocycles. The molecule has 0 spiro atoms. The smallest absolute Gasteiger partial charge is 0.321 e. The number of urea groups is 1. The first-order valence-corrected chi connectivity index (χ1v) is 8.29. The molecule has 0 bridgehead atoms. The number of aliphatic hydroxyl groups excluding tert-OH is 1. The molecule has 1 aliphatic heterocycles. The van der Waals surface area contributed by atoms with Crippen LogP contribution in [0.25, 0.3) is 11.5 Å². The number of nitrogens with one attached hydrogen (secondary N) is 1. The van der Waals surface area contributed by atoms with Crippen LogP contribution in [0.4, 0.5) is 10.5 Å². The summed E-state index contributed by atoms with van der Waals surface area (Å²) in [5, 5.41) is 12.0. The van der Waals surface area contributed by atoms with Crippen LogP contribution in [0.3, 0.4) is 0 Å². The highest BCUT2D eigenvalue weighted by Gasteiger charge is 2.25. The van der Waals surface area contributed by atoms with E-state index in [9.17, 15) is 4.79 Å². The maximum Gasteiger partial charge on any atom is 0.321 e. The zero-order valence-electron chi connectivity index (χ0n) is 14.0. The summed E-state index contributed by atoms with van der Waals surface area (Å²) < 4.78 is 5.73. The van der Waals surface area contributed by atoms with Crippen LogP contribution in [-0.2, 0) is 0 Å². The first-order valence-electron chi connectivity index (χ1n) is 8.29. The van der Waals surface area contributed by atoms with Crippen molar-refractivity contribution in [3.63, 3.8) is 0 Å². The molecule has 6 nitrogen and oxygen atoms in total. The van der Waals surface area contributed by atoms with Gasteiger partial charge in [0, 0.05) is 42.8 Å². The van der Waals surface area contributed by atoms with Gasteiger partial charge in [0.25, 0.3) is 0 Å². The number of carbonyl (C=O) groups excluding carboxylic acids is 1. The molecule has 0 aliphatic carbocycles. The molecular formula is C18H23N3O3. The van der Waals surface area contributed by atoms with Gasteiger partial charge in [-0.05, 0) is 30.7 Å². The number of likely N-dealkylation sites (tertiary alicyclic amines) is 1. The topological polar surface area (TPSA) is 78.6 Å². The normalized spacial score (nSPS) is 17.5. The molecule has 2 heterocycles. The summed E-state index contributed by atoms with van der Waals surface area (Å²) in [4.78, 5) is 18.2. The fourth-order valence-electron chi connectivity index (χ4n) is 2.75. The Labute approximate surface area is 141 Å². The van der Waals surface area contributed by atoms with E-state index in [0.29, 0.717) is 24.9 Å². The van der Waals surface area contributed by atoms with Crippen LogP contribution in [0, 0.1) is 5.92 Å². The molecule has 1 aliphatic rings. The first-order chi connectivity index (χ1) is 11.6. The maximum absolute atomic E-state index is 12.2. The van der Waals surface area contributed by atoms with Crippen LogP contribution >= 0.6 is 0 Å². The molecule has 0 radical (unpaired) electrons. The molecule has 24 heavy (non-hydrogen) atoms. The molecule has 1 aromatic carbocycles. The molecule has 1 atom stereocenters. The second-order valence-corrected chi connectivity index (χ2v) is 6.51.